The molecule has 2 aromatic rings. The Morgan fingerprint density at radius 3 is 2.74 bits per heavy atom. The smallest absolute Gasteiger partial charge is 0.243 e. The van der Waals surface area contributed by atoms with Gasteiger partial charge >= 0.3 is 0 Å². The summed E-state index contributed by atoms with van der Waals surface area (Å²) in [5.74, 6) is 0.288. The van der Waals surface area contributed by atoms with Crippen LogP contribution in [0.15, 0.2) is 24.3 Å². The highest BCUT2D eigenvalue weighted by molar-refractivity contribution is 5.84. The van der Waals surface area contributed by atoms with Gasteiger partial charge in [0.1, 0.15) is 11.6 Å². The van der Waals surface area contributed by atoms with E-state index in [1.165, 1.54) is 0 Å². The summed E-state index contributed by atoms with van der Waals surface area (Å²) in [6.07, 6.45) is 0.909. The minimum atomic E-state index is -0.394. The van der Waals surface area contributed by atoms with Gasteiger partial charge in [-0.1, -0.05) is 19.1 Å². The number of amides is 1. The number of nitrogens with zero attached hydrogens (tertiary/aromatic N) is 3. The summed E-state index contributed by atoms with van der Waals surface area (Å²) in [6.45, 7) is 4.44. The van der Waals surface area contributed by atoms with Gasteiger partial charge in [-0.05, 0) is 25.5 Å². The molecular weight excluding hydrogens is 242 g/mol. The summed E-state index contributed by atoms with van der Waals surface area (Å²) in [4.78, 5) is 16.0. The zero-order chi connectivity index (χ0) is 13.7. The molecule has 1 aromatic heterocycles. The van der Waals surface area contributed by atoms with E-state index in [9.17, 15) is 4.79 Å². The second-order valence-electron chi connectivity index (χ2n) is 4.28. The molecule has 100 valence electrons. The molecule has 0 aliphatic heterocycles. The molecule has 1 aromatic carbocycles. The van der Waals surface area contributed by atoms with Gasteiger partial charge in [0.15, 0.2) is 0 Å². The van der Waals surface area contributed by atoms with Crippen molar-refractivity contribution in [2.45, 2.75) is 26.3 Å². The van der Waals surface area contributed by atoms with Gasteiger partial charge in [0.05, 0.1) is 5.52 Å². The van der Waals surface area contributed by atoms with Crippen molar-refractivity contribution in [3.63, 3.8) is 0 Å². The number of para-hydroxylation sites is 1. The van der Waals surface area contributed by atoms with Crippen molar-refractivity contribution in [2.24, 2.45) is 0 Å². The van der Waals surface area contributed by atoms with Gasteiger partial charge in [0.2, 0.25) is 11.9 Å². The van der Waals surface area contributed by atoms with Gasteiger partial charge in [-0.15, -0.1) is 10.2 Å². The van der Waals surface area contributed by atoms with Crippen LogP contribution in [-0.4, -0.2) is 33.7 Å². The largest absolute Gasteiger partial charge is 0.354 e. The molecule has 6 heteroatoms. The van der Waals surface area contributed by atoms with Gasteiger partial charge in [-0.2, -0.15) is 0 Å². The molecule has 0 aliphatic rings. The summed E-state index contributed by atoms with van der Waals surface area (Å²) >= 11 is 0. The SMILES string of the molecule is CCCNC(=O)C(C)Nc1nnc2ccccc2n1. The number of fused-ring (bicyclic) bond motifs is 1. The molecule has 0 spiro atoms. The molecule has 0 saturated heterocycles. The van der Waals surface area contributed by atoms with Crippen molar-refractivity contribution in [1.29, 1.82) is 0 Å². The van der Waals surface area contributed by atoms with Crippen LogP contribution in [0.3, 0.4) is 0 Å². The average molecular weight is 259 g/mol. The van der Waals surface area contributed by atoms with Crippen LogP contribution in [0.4, 0.5) is 5.95 Å². The maximum Gasteiger partial charge on any atom is 0.243 e. The molecule has 19 heavy (non-hydrogen) atoms. The first kappa shape index (κ1) is 13.2. The van der Waals surface area contributed by atoms with E-state index in [4.69, 9.17) is 0 Å². The van der Waals surface area contributed by atoms with E-state index in [1.807, 2.05) is 31.2 Å². The number of anilines is 1. The maximum atomic E-state index is 11.7. The van der Waals surface area contributed by atoms with Crippen LogP contribution in [-0.2, 0) is 4.79 Å². The van der Waals surface area contributed by atoms with E-state index in [2.05, 4.69) is 25.8 Å². The molecule has 0 fully saturated rings. The molecule has 0 radical (unpaired) electrons. The second-order valence-corrected chi connectivity index (χ2v) is 4.28. The van der Waals surface area contributed by atoms with E-state index in [0.717, 1.165) is 17.5 Å². The Morgan fingerprint density at radius 2 is 2.00 bits per heavy atom. The van der Waals surface area contributed by atoms with Crippen molar-refractivity contribution in [2.75, 3.05) is 11.9 Å². The molecule has 6 nitrogen and oxygen atoms in total. The van der Waals surface area contributed by atoms with E-state index < -0.39 is 6.04 Å². The van der Waals surface area contributed by atoms with E-state index >= 15 is 0 Å². The number of benzene rings is 1. The Hall–Kier alpha value is -2.24. The summed E-state index contributed by atoms with van der Waals surface area (Å²) < 4.78 is 0. The van der Waals surface area contributed by atoms with Crippen molar-refractivity contribution in [3.05, 3.63) is 24.3 Å². The lowest BCUT2D eigenvalue weighted by Gasteiger charge is -2.13. The lowest BCUT2D eigenvalue weighted by Crippen LogP contribution is -2.38. The minimum absolute atomic E-state index is 0.0707. The van der Waals surface area contributed by atoms with Gasteiger partial charge in [0.25, 0.3) is 0 Å². The molecule has 0 aliphatic carbocycles. The Balaban J connectivity index is 2.06. The summed E-state index contributed by atoms with van der Waals surface area (Å²) in [5, 5.41) is 13.8. The standard InChI is InChI=1S/C13H17N5O/c1-3-8-14-12(19)9(2)15-13-16-10-6-4-5-7-11(10)17-18-13/h4-7,9H,3,8H2,1-2H3,(H,14,19)(H,15,16,18). The van der Waals surface area contributed by atoms with Crippen LogP contribution >= 0.6 is 0 Å². The predicted molar refractivity (Wildman–Crippen MR) is 73.7 cm³/mol. The molecule has 2 N–H and O–H groups in total. The lowest BCUT2D eigenvalue weighted by molar-refractivity contribution is -0.121. The highest BCUT2D eigenvalue weighted by Crippen LogP contribution is 2.09. The predicted octanol–water partition coefficient (Wildman–Crippen LogP) is 1.35. The van der Waals surface area contributed by atoms with Gasteiger partial charge in [-0.25, -0.2) is 4.98 Å². The highest BCUT2D eigenvalue weighted by Gasteiger charge is 2.13. The zero-order valence-electron chi connectivity index (χ0n) is 11.1. The van der Waals surface area contributed by atoms with Crippen LogP contribution < -0.4 is 10.6 Å². The quantitative estimate of drug-likeness (QED) is 0.847. The summed E-state index contributed by atoms with van der Waals surface area (Å²) in [7, 11) is 0. The monoisotopic (exact) mass is 259 g/mol. The lowest BCUT2D eigenvalue weighted by atomic mass is 10.3. The van der Waals surface area contributed by atoms with Crippen molar-refractivity contribution in [1.82, 2.24) is 20.5 Å². The summed E-state index contributed by atoms with van der Waals surface area (Å²) in [5.41, 5.74) is 1.48. The first-order chi connectivity index (χ1) is 9.20. The molecule has 1 unspecified atom stereocenters. The average Bonchev–Trinajstić information content (AvgIpc) is 2.44. The Labute approximate surface area is 111 Å². The van der Waals surface area contributed by atoms with E-state index in [1.54, 1.807) is 6.92 Å². The van der Waals surface area contributed by atoms with Gasteiger partial charge < -0.3 is 10.6 Å². The van der Waals surface area contributed by atoms with Crippen LogP contribution in [0.5, 0.6) is 0 Å². The molecule has 0 saturated carbocycles. The third kappa shape index (κ3) is 3.37. The van der Waals surface area contributed by atoms with Crippen LogP contribution in [0, 0.1) is 0 Å². The minimum Gasteiger partial charge on any atom is -0.354 e. The van der Waals surface area contributed by atoms with Crippen LogP contribution in [0.25, 0.3) is 11.0 Å². The Kier molecular flexibility index (Phi) is 4.22. The number of hydrogen-bond donors (Lipinski definition) is 2. The van der Waals surface area contributed by atoms with Crippen molar-refractivity contribution in [3.8, 4) is 0 Å². The number of rotatable bonds is 5. The van der Waals surface area contributed by atoms with Gasteiger partial charge in [-0.3, -0.25) is 4.79 Å². The maximum absolute atomic E-state index is 11.7. The van der Waals surface area contributed by atoms with Crippen LogP contribution in [0.2, 0.25) is 0 Å². The third-order valence-electron chi connectivity index (χ3n) is 2.65. The topological polar surface area (TPSA) is 79.8 Å². The molecular formula is C13H17N5O. The normalized spacial score (nSPS) is 12.1. The number of hydrogen-bond acceptors (Lipinski definition) is 5. The fourth-order valence-electron chi connectivity index (χ4n) is 1.60. The number of carbonyl (C=O) groups excluding carboxylic acids is 1. The Bertz CT molecular complexity index is 572. The van der Waals surface area contributed by atoms with Crippen molar-refractivity contribution >= 4 is 22.9 Å². The molecule has 1 atom stereocenters. The number of aromatic nitrogens is 3. The summed E-state index contributed by atoms with van der Waals surface area (Å²) in [6, 6.07) is 7.08. The first-order valence-electron chi connectivity index (χ1n) is 6.34. The van der Waals surface area contributed by atoms with Crippen LogP contribution in [0.1, 0.15) is 20.3 Å². The molecule has 2 rings (SSSR count). The molecule has 0 bridgehead atoms. The number of carbonyl (C=O) groups is 1. The van der Waals surface area contributed by atoms with E-state index in [-0.39, 0.29) is 5.91 Å². The fourth-order valence-corrected chi connectivity index (χ4v) is 1.60. The fraction of sp³-hybridized carbons (Fsp3) is 0.385. The highest BCUT2D eigenvalue weighted by atomic mass is 16.2. The first-order valence-corrected chi connectivity index (χ1v) is 6.34. The zero-order valence-corrected chi connectivity index (χ0v) is 11.1. The van der Waals surface area contributed by atoms with Crippen molar-refractivity contribution < 1.29 is 4.79 Å². The Morgan fingerprint density at radius 1 is 1.26 bits per heavy atom. The third-order valence-corrected chi connectivity index (χ3v) is 2.65. The van der Waals surface area contributed by atoms with E-state index in [0.29, 0.717) is 12.5 Å². The number of nitrogens with one attached hydrogen (secondary N) is 2. The molecule has 1 amide bonds. The molecule has 1 heterocycles. The van der Waals surface area contributed by atoms with Gasteiger partial charge in [0, 0.05) is 6.54 Å². The second kappa shape index (κ2) is 6.08.